The fraction of sp³-hybridized carbons (Fsp3) is 0.125. The summed E-state index contributed by atoms with van der Waals surface area (Å²) in [5, 5.41) is 13.8. The molecule has 0 bridgehead atoms. The van der Waals surface area contributed by atoms with E-state index in [0.29, 0.717) is 11.3 Å². The van der Waals surface area contributed by atoms with E-state index in [9.17, 15) is 9.90 Å². The van der Waals surface area contributed by atoms with Gasteiger partial charge in [0.1, 0.15) is 0 Å². The van der Waals surface area contributed by atoms with E-state index in [0.717, 1.165) is 15.2 Å². The zero-order valence-electron chi connectivity index (χ0n) is 11.4. The Balaban J connectivity index is 1.79. The molecule has 0 aliphatic heterocycles. The number of anilines is 1. The maximum Gasteiger partial charge on any atom is 0.257 e. The molecular formula is C16H14N2O2S. The van der Waals surface area contributed by atoms with Gasteiger partial charge in [-0.05, 0) is 30.7 Å². The average Bonchev–Trinajstić information content (AvgIpc) is 2.86. The van der Waals surface area contributed by atoms with E-state index in [1.807, 2.05) is 25.1 Å². The van der Waals surface area contributed by atoms with E-state index in [1.165, 1.54) is 0 Å². The number of hydrogen-bond acceptors (Lipinski definition) is 4. The highest BCUT2D eigenvalue weighted by Gasteiger charge is 2.17. The first-order chi connectivity index (χ1) is 10.1. The number of fused-ring (bicyclic) bond motifs is 1. The Morgan fingerprint density at radius 3 is 2.76 bits per heavy atom. The molecule has 21 heavy (non-hydrogen) atoms. The van der Waals surface area contributed by atoms with E-state index in [4.69, 9.17) is 0 Å². The third-order valence-corrected chi connectivity index (χ3v) is 4.06. The second-order valence-electron chi connectivity index (χ2n) is 4.72. The largest absolute Gasteiger partial charge is 0.378 e. The van der Waals surface area contributed by atoms with Crippen LogP contribution in [0, 0.1) is 6.92 Å². The maximum atomic E-state index is 12.1. The molecule has 1 aromatic heterocycles. The number of nitrogens with zero attached hydrogens (tertiary/aromatic N) is 1. The van der Waals surface area contributed by atoms with Gasteiger partial charge in [0, 0.05) is 5.69 Å². The number of carbonyl (C=O) groups excluding carboxylic acids is 1. The fourth-order valence-electron chi connectivity index (χ4n) is 2.11. The van der Waals surface area contributed by atoms with Crippen molar-refractivity contribution in [2.45, 2.75) is 13.0 Å². The van der Waals surface area contributed by atoms with Crippen LogP contribution in [0.3, 0.4) is 0 Å². The second kappa shape index (κ2) is 5.63. The molecule has 3 rings (SSSR count). The third kappa shape index (κ3) is 2.94. The van der Waals surface area contributed by atoms with Crippen molar-refractivity contribution in [2.75, 3.05) is 5.32 Å². The highest BCUT2D eigenvalue weighted by molar-refractivity contribution is 7.18. The number of thiazole rings is 1. The summed E-state index contributed by atoms with van der Waals surface area (Å²) in [5.74, 6) is -0.443. The zero-order valence-corrected chi connectivity index (χ0v) is 12.2. The average molecular weight is 298 g/mol. The predicted octanol–water partition coefficient (Wildman–Crippen LogP) is 3.28. The number of aliphatic hydroxyl groups is 1. The molecule has 3 aromatic rings. The number of aliphatic hydroxyl groups excluding tert-OH is 1. The predicted molar refractivity (Wildman–Crippen MR) is 84.4 cm³/mol. The van der Waals surface area contributed by atoms with Crippen LogP contribution in [0.1, 0.15) is 16.7 Å². The molecule has 0 radical (unpaired) electrons. The molecule has 5 heteroatoms. The van der Waals surface area contributed by atoms with Crippen LogP contribution in [0.15, 0.2) is 48.5 Å². The number of aromatic nitrogens is 1. The number of rotatable bonds is 3. The van der Waals surface area contributed by atoms with Crippen LogP contribution in [-0.2, 0) is 4.79 Å². The first kappa shape index (κ1) is 13.7. The number of carbonyl (C=O) groups is 1. The van der Waals surface area contributed by atoms with Gasteiger partial charge in [0.2, 0.25) is 0 Å². The summed E-state index contributed by atoms with van der Waals surface area (Å²) in [4.78, 5) is 16.5. The first-order valence-corrected chi connectivity index (χ1v) is 7.36. The summed E-state index contributed by atoms with van der Waals surface area (Å²) in [6.45, 7) is 1.95. The lowest BCUT2D eigenvalue weighted by molar-refractivity contribution is -0.124. The van der Waals surface area contributed by atoms with Gasteiger partial charge in [-0.25, -0.2) is 4.98 Å². The van der Waals surface area contributed by atoms with Gasteiger partial charge in [-0.1, -0.05) is 30.3 Å². The van der Waals surface area contributed by atoms with Crippen molar-refractivity contribution in [3.8, 4) is 0 Å². The Kier molecular flexibility index (Phi) is 3.68. The molecule has 1 heterocycles. The molecule has 1 amide bonds. The Labute approximate surface area is 126 Å². The van der Waals surface area contributed by atoms with Crippen molar-refractivity contribution in [3.05, 3.63) is 59.1 Å². The minimum absolute atomic E-state index is 0.443. The van der Waals surface area contributed by atoms with Crippen LogP contribution >= 0.6 is 11.3 Å². The number of amides is 1. The van der Waals surface area contributed by atoms with Crippen molar-refractivity contribution in [3.63, 3.8) is 0 Å². The molecule has 1 atom stereocenters. The highest BCUT2D eigenvalue weighted by atomic mass is 32.1. The van der Waals surface area contributed by atoms with E-state index >= 15 is 0 Å². The molecule has 0 saturated carbocycles. The molecule has 2 N–H and O–H groups in total. The summed E-state index contributed by atoms with van der Waals surface area (Å²) in [5.41, 5.74) is 2.15. The standard InChI is InChI=1S/C16H14N2O2S/c1-10-17-13-8-7-12(9-14(13)21-10)18-16(20)15(19)11-5-3-2-4-6-11/h2-9,15,19H,1H3,(H,18,20). The lowest BCUT2D eigenvalue weighted by atomic mass is 10.1. The Morgan fingerprint density at radius 1 is 1.24 bits per heavy atom. The second-order valence-corrected chi connectivity index (χ2v) is 5.95. The minimum atomic E-state index is -1.18. The number of benzene rings is 2. The first-order valence-electron chi connectivity index (χ1n) is 6.54. The van der Waals surface area contributed by atoms with E-state index < -0.39 is 12.0 Å². The van der Waals surface area contributed by atoms with Crippen molar-refractivity contribution in [1.82, 2.24) is 4.98 Å². The molecule has 106 valence electrons. The molecular weight excluding hydrogens is 284 g/mol. The van der Waals surface area contributed by atoms with Gasteiger partial charge in [0.05, 0.1) is 15.2 Å². The molecule has 0 spiro atoms. The Hall–Kier alpha value is -2.24. The van der Waals surface area contributed by atoms with Gasteiger partial charge in [-0.2, -0.15) is 0 Å². The number of hydrogen-bond donors (Lipinski definition) is 2. The Morgan fingerprint density at radius 2 is 2.00 bits per heavy atom. The summed E-state index contributed by atoms with van der Waals surface area (Å²) in [6.07, 6.45) is -1.18. The SMILES string of the molecule is Cc1nc2ccc(NC(=O)C(O)c3ccccc3)cc2s1. The minimum Gasteiger partial charge on any atom is -0.378 e. The van der Waals surface area contributed by atoms with Gasteiger partial charge >= 0.3 is 0 Å². The van der Waals surface area contributed by atoms with Gasteiger partial charge in [-0.3, -0.25) is 4.79 Å². The van der Waals surface area contributed by atoms with Gasteiger partial charge in [-0.15, -0.1) is 11.3 Å². The topological polar surface area (TPSA) is 62.2 Å². The van der Waals surface area contributed by atoms with Crippen molar-refractivity contribution < 1.29 is 9.90 Å². The lowest BCUT2D eigenvalue weighted by Gasteiger charge is -2.11. The molecule has 0 saturated heterocycles. The quantitative estimate of drug-likeness (QED) is 0.780. The van der Waals surface area contributed by atoms with Crippen LogP contribution < -0.4 is 5.32 Å². The van der Waals surface area contributed by atoms with Crippen LogP contribution in [0.2, 0.25) is 0 Å². The van der Waals surface area contributed by atoms with E-state index in [2.05, 4.69) is 10.3 Å². The van der Waals surface area contributed by atoms with Crippen LogP contribution in [0.4, 0.5) is 5.69 Å². The third-order valence-electron chi connectivity index (χ3n) is 3.13. The molecule has 0 fully saturated rings. The van der Waals surface area contributed by atoms with Crippen molar-refractivity contribution in [2.24, 2.45) is 0 Å². The van der Waals surface area contributed by atoms with Crippen LogP contribution in [-0.4, -0.2) is 16.0 Å². The van der Waals surface area contributed by atoms with Gasteiger partial charge in [0.15, 0.2) is 6.10 Å². The number of aryl methyl sites for hydroxylation is 1. The van der Waals surface area contributed by atoms with Crippen LogP contribution in [0.5, 0.6) is 0 Å². The summed E-state index contributed by atoms with van der Waals surface area (Å²) in [7, 11) is 0. The highest BCUT2D eigenvalue weighted by Crippen LogP contribution is 2.25. The monoisotopic (exact) mass is 298 g/mol. The van der Waals surface area contributed by atoms with Crippen molar-refractivity contribution >= 4 is 33.1 Å². The lowest BCUT2D eigenvalue weighted by Crippen LogP contribution is -2.20. The molecule has 2 aromatic carbocycles. The van der Waals surface area contributed by atoms with Gasteiger partial charge < -0.3 is 10.4 Å². The molecule has 4 nitrogen and oxygen atoms in total. The zero-order chi connectivity index (χ0) is 14.8. The van der Waals surface area contributed by atoms with E-state index in [1.54, 1.807) is 41.7 Å². The molecule has 0 aliphatic carbocycles. The summed E-state index contributed by atoms with van der Waals surface area (Å²) in [6, 6.07) is 14.4. The molecule has 1 unspecified atom stereocenters. The fourth-order valence-corrected chi connectivity index (χ4v) is 2.98. The van der Waals surface area contributed by atoms with E-state index in [-0.39, 0.29) is 0 Å². The summed E-state index contributed by atoms with van der Waals surface area (Å²) < 4.78 is 1.01. The smallest absolute Gasteiger partial charge is 0.257 e. The van der Waals surface area contributed by atoms with Crippen molar-refractivity contribution in [1.29, 1.82) is 0 Å². The number of nitrogens with one attached hydrogen (secondary N) is 1. The maximum absolute atomic E-state index is 12.1. The van der Waals surface area contributed by atoms with Gasteiger partial charge in [0.25, 0.3) is 5.91 Å². The van der Waals surface area contributed by atoms with Crippen LogP contribution in [0.25, 0.3) is 10.2 Å². The summed E-state index contributed by atoms with van der Waals surface area (Å²) >= 11 is 1.57. The Bertz CT molecular complexity index is 783. The normalized spacial score (nSPS) is 12.3. The molecule has 0 aliphatic rings.